The molecular weight excluding hydrogens is 130 g/mol. The average molecular weight is 145 g/mol. The molecule has 2 heteroatoms. The van der Waals surface area contributed by atoms with Crippen molar-refractivity contribution in [3.8, 4) is 0 Å². The van der Waals surface area contributed by atoms with Gasteiger partial charge in [0.1, 0.15) is 0 Å². The zero-order chi connectivity index (χ0) is 7.07. The number of rotatable bonds is 0. The minimum absolute atomic E-state index is 0.309. The summed E-state index contributed by atoms with van der Waals surface area (Å²) >= 11 is 4.49. The van der Waals surface area contributed by atoms with Crippen molar-refractivity contribution >= 4 is 12.6 Å². The second-order valence-electron chi connectivity index (χ2n) is 3.38. The van der Waals surface area contributed by atoms with Gasteiger partial charge in [0, 0.05) is 10.8 Å². The van der Waals surface area contributed by atoms with Gasteiger partial charge in [-0.2, -0.15) is 12.6 Å². The molecule has 1 saturated heterocycles. The van der Waals surface area contributed by atoms with Crippen LogP contribution < -0.4 is 0 Å². The van der Waals surface area contributed by atoms with E-state index in [9.17, 15) is 0 Å². The molecule has 0 saturated carbocycles. The smallest absolute Gasteiger partial charge is 0.0266 e. The molecule has 54 valence electrons. The molecule has 0 aromatic heterocycles. The van der Waals surface area contributed by atoms with Crippen molar-refractivity contribution in [1.29, 1.82) is 0 Å². The lowest BCUT2D eigenvalue weighted by Crippen LogP contribution is -2.40. The summed E-state index contributed by atoms with van der Waals surface area (Å²) in [7, 11) is 2.16. The van der Waals surface area contributed by atoms with Gasteiger partial charge in [0.15, 0.2) is 0 Å². The van der Waals surface area contributed by atoms with Crippen LogP contribution in [0.25, 0.3) is 0 Å². The Balaban J connectivity index is 2.66. The lowest BCUT2D eigenvalue weighted by molar-refractivity contribution is 0.223. The van der Waals surface area contributed by atoms with Crippen molar-refractivity contribution in [1.82, 2.24) is 4.90 Å². The largest absolute Gasteiger partial charge is 0.300 e. The first-order valence-corrected chi connectivity index (χ1v) is 3.96. The molecule has 0 amide bonds. The third-order valence-corrected chi connectivity index (χ3v) is 3.43. The van der Waals surface area contributed by atoms with Crippen LogP contribution in [0.5, 0.6) is 0 Å². The van der Waals surface area contributed by atoms with E-state index >= 15 is 0 Å². The SMILES string of the molecule is CN1CCC(S)C1(C)C. The molecule has 0 aromatic carbocycles. The summed E-state index contributed by atoms with van der Waals surface area (Å²) in [5, 5.41) is 0.558. The van der Waals surface area contributed by atoms with E-state index in [0.717, 1.165) is 0 Å². The van der Waals surface area contributed by atoms with E-state index in [0.29, 0.717) is 10.8 Å². The van der Waals surface area contributed by atoms with E-state index in [4.69, 9.17) is 0 Å². The van der Waals surface area contributed by atoms with Crippen LogP contribution in [0.3, 0.4) is 0 Å². The summed E-state index contributed by atoms with van der Waals surface area (Å²) in [5.41, 5.74) is 0.309. The molecule has 0 N–H and O–H groups in total. The van der Waals surface area contributed by atoms with Gasteiger partial charge in [0.2, 0.25) is 0 Å². The quantitative estimate of drug-likeness (QED) is 0.504. The third-order valence-electron chi connectivity index (χ3n) is 2.54. The Morgan fingerprint density at radius 2 is 2.11 bits per heavy atom. The molecule has 1 unspecified atom stereocenters. The normalized spacial score (nSPS) is 35.3. The fraction of sp³-hybridized carbons (Fsp3) is 1.00. The number of hydrogen-bond donors (Lipinski definition) is 1. The Labute approximate surface area is 62.8 Å². The van der Waals surface area contributed by atoms with Crippen molar-refractivity contribution in [3.05, 3.63) is 0 Å². The summed E-state index contributed by atoms with van der Waals surface area (Å²) in [5.74, 6) is 0. The van der Waals surface area contributed by atoms with Crippen LogP contribution >= 0.6 is 12.6 Å². The topological polar surface area (TPSA) is 3.24 Å². The molecule has 0 aliphatic carbocycles. The molecule has 1 rings (SSSR count). The van der Waals surface area contributed by atoms with Crippen LogP contribution in [-0.4, -0.2) is 29.3 Å². The van der Waals surface area contributed by atoms with Crippen molar-refractivity contribution in [3.63, 3.8) is 0 Å². The molecule has 0 aromatic rings. The highest BCUT2D eigenvalue weighted by Crippen LogP contribution is 2.30. The van der Waals surface area contributed by atoms with Crippen LogP contribution in [0.15, 0.2) is 0 Å². The molecule has 0 radical (unpaired) electrons. The molecule has 1 nitrogen and oxygen atoms in total. The Bertz CT molecular complexity index is 99.5. The van der Waals surface area contributed by atoms with Gasteiger partial charge in [-0.05, 0) is 33.9 Å². The Morgan fingerprint density at radius 1 is 1.56 bits per heavy atom. The summed E-state index contributed by atoms with van der Waals surface area (Å²) in [6, 6.07) is 0. The van der Waals surface area contributed by atoms with E-state index in [2.05, 4.69) is 38.4 Å². The zero-order valence-electron chi connectivity index (χ0n) is 6.39. The monoisotopic (exact) mass is 145 g/mol. The van der Waals surface area contributed by atoms with Crippen LogP contribution in [-0.2, 0) is 0 Å². The minimum Gasteiger partial charge on any atom is -0.300 e. The van der Waals surface area contributed by atoms with Crippen molar-refractivity contribution < 1.29 is 0 Å². The molecule has 1 fully saturated rings. The predicted octanol–water partition coefficient (Wildman–Crippen LogP) is 1.40. The Kier molecular flexibility index (Phi) is 1.79. The maximum absolute atomic E-state index is 4.49. The van der Waals surface area contributed by atoms with E-state index in [1.54, 1.807) is 0 Å². The van der Waals surface area contributed by atoms with E-state index in [1.165, 1.54) is 13.0 Å². The van der Waals surface area contributed by atoms with E-state index in [1.807, 2.05) is 0 Å². The highest BCUT2D eigenvalue weighted by atomic mass is 32.1. The summed E-state index contributed by atoms with van der Waals surface area (Å²) < 4.78 is 0. The lowest BCUT2D eigenvalue weighted by Gasteiger charge is -2.30. The first-order valence-electron chi connectivity index (χ1n) is 3.44. The number of thiol groups is 1. The molecule has 0 bridgehead atoms. The van der Waals surface area contributed by atoms with Gasteiger partial charge in [-0.25, -0.2) is 0 Å². The van der Waals surface area contributed by atoms with Gasteiger partial charge in [-0.15, -0.1) is 0 Å². The Morgan fingerprint density at radius 3 is 2.22 bits per heavy atom. The van der Waals surface area contributed by atoms with Crippen LogP contribution in [0.2, 0.25) is 0 Å². The van der Waals surface area contributed by atoms with E-state index in [-0.39, 0.29) is 0 Å². The molecule has 0 spiro atoms. The van der Waals surface area contributed by atoms with Gasteiger partial charge in [0.05, 0.1) is 0 Å². The highest BCUT2D eigenvalue weighted by Gasteiger charge is 2.36. The molecule has 9 heavy (non-hydrogen) atoms. The van der Waals surface area contributed by atoms with Gasteiger partial charge in [-0.3, -0.25) is 0 Å². The van der Waals surface area contributed by atoms with Gasteiger partial charge in [-0.1, -0.05) is 0 Å². The molecule has 1 aliphatic heterocycles. The fourth-order valence-corrected chi connectivity index (χ4v) is 1.52. The van der Waals surface area contributed by atoms with Crippen LogP contribution in [0, 0.1) is 0 Å². The van der Waals surface area contributed by atoms with Crippen molar-refractivity contribution in [2.24, 2.45) is 0 Å². The number of likely N-dealkylation sites (tertiary alicyclic amines) is 1. The fourth-order valence-electron chi connectivity index (χ4n) is 1.21. The summed E-state index contributed by atoms with van der Waals surface area (Å²) in [6.07, 6.45) is 1.23. The van der Waals surface area contributed by atoms with Crippen LogP contribution in [0.4, 0.5) is 0 Å². The molecule has 1 aliphatic rings. The summed E-state index contributed by atoms with van der Waals surface area (Å²) in [4.78, 5) is 2.37. The molecular formula is C7H15NS. The highest BCUT2D eigenvalue weighted by molar-refractivity contribution is 7.81. The number of hydrogen-bond acceptors (Lipinski definition) is 2. The first-order chi connectivity index (χ1) is 4.05. The minimum atomic E-state index is 0.309. The molecule has 1 atom stereocenters. The summed E-state index contributed by atoms with van der Waals surface area (Å²) in [6.45, 7) is 5.69. The van der Waals surface area contributed by atoms with Crippen molar-refractivity contribution in [2.75, 3.05) is 13.6 Å². The zero-order valence-corrected chi connectivity index (χ0v) is 7.28. The second-order valence-corrected chi connectivity index (χ2v) is 4.00. The second kappa shape index (κ2) is 2.17. The number of nitrogens with zero attached hydrogens (tertiary/aromatic N) is 1. The predicted molar refractivity (Wildman–Crippen MR) is 44.1 cm³/mol. The molecule has 1 heterocycles. The Hall–Kier alpha value is 0.310. The van der Waals surface area contributed by atoms with Gasteiger partial charge >= 0.3 is 0 Å². The van der Waals surface area contributed by atoms with E-state index < -0.39 is 0 Å². The first kappa shape index (κ1) is 7.42. The average Bonchev–Trinajstić information content (AvgIpc) is 1.96. The van der Waals surface area contributed by atoms with Crippen molar-refractivity contribution in [2.45, 2.75) is 31.1 Å². The lowest BCUT2D eigenvalue weighted by atomic mass is 10.0. The standard InChI is InChI=1S/C7H15NS/c1-7(2)6(9)4-5-8(7)3/h6,9H,4-5H2,1-3H3. The van der Waals surface area contributed by atoms with Crippen LogP contribution in [0.1, 0.15) is 20.3 Å². The van der Waals surface area contributed by atoms with Gasteiger partial charge < -0.3 is 4.90 Å². The maximum Gasteiger partial charge on any atom is 0.0266 e. The maximum atomic E-state index is 4.49. The van der Waals surface area contributed by atoms with Gasteiger partial charge in [0.25, 0.3) is 0 Å². The third kappa shape index (κ3) is 1.10.